The van der Waals surface area contributed by atoms with Crippen molar-refractivity contribution in [2.45, 2.75) is 12.8 Å². The number of amides is 1. The van der Waals surface area contributed by atoms with Gasteiger partial charge in [0, 0.05) is 18.8 Å². The summed E-state index contributed by atoms with van der Waals surface area (Å²) in [7, 11) is 3.08. The third-order valence-corrected chi connectivity index (χ3v) is 6.42. The highest BCUT2D eigenvalue weighted by atomic mass is 16.5. The van der Waals surface area contributed by atoms with Crippen LogP contribution in [0.1, 0.15) is 23.2 Å². The van der Waals surface area contributed by atoms with Crippen molar-refractivity contribution in [3.63, 3.8) is 0 Å². The molecule has 0 saturated carbocycles. The Morgan fingerprint density at radius 3 is 2.66 bits per heavy atom. The first-order chi connectivity index (χ1) is 18.4. The number of carbonyl (C=O) groups is 2. The minimum Gasteiger partial charge on any atom is -0.491 e. The van der Waals surface area contributed by atoms with Gasteiger partial charge in [0.1, 0.15) is 12.1 Å². The fraction of sp³-hybridized carbons (Fsp3) is 0.269. The van der Waals surface area contributed by atoms with Crippen molar-refractivity contribution in [2.24, 2.45) is 5.92 Å². The van der Waals surface area contributed by atoms with E-state index in [9.17, 15) is 9.59 Å². The van der Waals surface area contributed by atoms with Gasteiger partial charge < -0.3 is 30.1 Å². The molecule has 1 aliphatic heterocycles. The summed E-state index contributed by atoms with van der Waals surface area (Å²) >= 11 is 0. The second-order valence-electron chi connectivity index (χ2n) is 8.83. The summed E-state index contributed by atoms with van der Waals surface area (Å²) in [5, 5.41) is 19.6. The largest absolute Gasteiger partial charge is 0.491 e. The lowest BCUT2D eigenvalue weighted by Gasteiger charge is -2.34. The van der Waals surface area contributed by atoms with E-state index in [1.165, 1.54) is 25.6 Å². The molecule has 0 spiro atoms. The van der Waals surface area contributed by atoms with Crippen molar-refractivity contribution in [3.05, 3.63) is 60.6 Å². The topological polar surface area (TPSA) is 143 Å². The molecule has 196 valence electrons. The summed E-state index contributed by atoms with van der Waals surface area (Å²) in [6.07, 6.45) is 4.96. The lowest BCUT2D eigenvalue weighted by Crippen LogP contribution is -2.40. The van der Waals surface area contributed by atoms with Gasteiger partial charge in [-0.25, -0.2) is 14.3 Å². The zero-order valence-corrected chi connectivity index (χ0v) is 20.9. The number of piperidine rings is 1. The number of carboxylic acids is 1. The van der Waals surface area contributed by atoms with Crippen molar-refractivity contribution in [3.8, 4) is 11.6 Å². The van der Waals surface area contributed by atoms with Crippen molar-refractivity contribution >= 4 is 40.4 Å². The number of benzene rings is 1. The highest BCUT2D eigenvalue weighted by molar-refractivity contribution is 5.94. The average molecular weight is 518 g/mol. The molecule has 3 N–H and O–H groups in total. The van der Waals surface area contributed by atoms with E-state index in [2.05, 4.69) is 30.6 Å². The number of fused-ring (bicyclic) bond motifs is 1. The van der Waals surface area contributed by atoms with Crippen molar-refractivity contribution < 1.29 is 24.2 Å². The molecule has 0 bridgehead atoms. The molecule has 38 heavy (non-hydrogen) atoms. The first kappa shape index (κ1) is 24.8. The Labute approximate surface area is 218 Å². The molecule has 12 nitrogen and oxygen atoms in total. The summed E-state index contributed by atoms with van der Waals surface area (Å²) in [5.41, 5.74) is 2.94. The van der Waals surface area contributed by atoms with Crippen LogP contribution in [0, 0.1) is 5.92 Å². The predicted molar refractivity (Wildman–Crippen MR) is 141 cm³/mol. The molecule has 4 heterocycles. The van der Waals surface area contributed by atoms with Crippen LogP contribution >= 0.6 is 0 Å². The molecule has 1 saturated heterocycles. The minimum atomic E-state index is -1.01. The Morgan fingerprint density at radius 1 is 1.11 bits per heavy atom. The maximum Gasteiger partial charge on any atom is 0.335 e. The van der Waals surface area contributed by atoms with Crippen LogP contribution in [-0.4, -0.2) is 63.9 Å². The van der Waals surface area contributed by atoms with Crippen LogP contribution in [-0.2, 0) is 4.79 Å². The monoisotopic (exact) mass is 517 g/mol. The van der Waals surface area contributed by atoms with Gasteiger partial charge in [0.2, 0.25) is 5.91 Å². The molecule has 1 aliphatic rings. The molecule has 1 unspecified atom stereocenters. The van der Waals surface area contributed by atoms with Gasteiger partial charge in [-0.2, -0.15) is 10.1 Å². The van der Waals surface area contributed by atoms with Gasteiger partial charge >= 0.3 is 5.97 Å². The van der Waals surface area contributed by atoms with Gasteiger partial charge in [-0.1, -0.05) is 0 Å². The van der Waals surface area contributed by atoms with Crippen LogP contribution in [0.15, 0.2) is 55.0 Å². The molecule has 0 aliphatic carbocycles. The van der Waals surface area contributed by atoms with E-state index in [1.54, 1.807) is 35.9 Å². The van der Waals surface area contributed by atoms with Crippen molar-refractivity contribution in [1.29, 1.82) is 0 Å². The van der Waals surface area contributed by atoms with Crippen molar-refractivity contribution in [2.75, 3.05) is 42.8 Å². The number of anilines is 4. The molecular formula is C26H27N7O5. The van der Waals surface area contributed by atoms with Crippen molar-refractivity contribution in [1.82, 2.24) is 19.6 Å². The Morgan fingerprint density at radius 2 is 1.92 bits per heavy atom. The number of nitrogens with one attached hydrogen (secondary N) is 2. The van der Waals surface area contributed by atoms with Gasteiger partial charge in [0.15, 0.2) is 11.4 Å². The van der Waals surface area contributed by atoms with Gasteiger partial charge in [0.05, 0.1) is 43.3 Å². The van der Waals surface area contributed by atoms with E-state index in [1.807, 2.05) is 12.3 Å². The molecule has 3 aromatic heterocycles. The molecule has 1 aromatic carbocycles. The summed E-state index contributed by atoms with van der Waals surface area (Å²) < 4.78 is 12.3. The number of carboxylic acid groups (broad SMARTS) is 1. The number of ether oxygens (including phenoxy) is 2. The maximum absolute atomic E-state index is 13.0. The van der Waals surface area contributed by atoms with Crippen LogP contribution in [0.2, 0.25) is 0 Å². The summed E-state index contributed by atoms with van der Waals surface area (Å²) in [5.74, 6) is 0.0784. The smallest absolute Gasteiger partial charge is 0.335 e. The normalized spacial score (nSPS) is 15.2. The predicted octanol–water partition coefficient (Wildman–Crippen LogP) is 3.44. The van der Waals surface area contributed by atoms with E-state index in [-0.39, 0.29) is 17.4 Å². The highest BCUT2D eigenvalue weighted by Gasteiger charge is 2.27. The van der Waals surface area contributed by atoms with Gasteiger partial charge in [0.25, 0.3) is 5.88 Å². The SMILES string of the molecule is COc1ccc(Nc2cc(N3CCCC(C(=O)Nc4ccc(C(=O)O)cc4)C3)cn3ncnc23)nc1OC. The second kappa shape index (κ2) is 10.6. The number of pyridine rings is 2. The number of aromatic carboxylic acids is 1. The Bertz CT molecular complexity index is 1470. The van der Waals surface area contributed by atoms with E-state index < -0.39 is 5.97 Å². The molecule has 12 heteroatoms. The fourth-order valence-corrected chi connectivity index (χ4v) is 4.48. The molecule has 5 rings (SSSR count). The number of methoxy groups -OCH3 is 2. The zero-order chi connectivity index (χ0) is 26.6. The van der Waals surface area contributed by atoms with Crippen LogP contribution in [0.25, 0.3) is 5.65 Å². The van der Waals surface area contributed by atoms with E-state index in [0.29, 0.717) is 41.0 Å². The molecule has 0 radical (unpaired) electrons. The average Bonchev–Trinajstić information content (AvgIpc) is 3.42. The first-order valence-corrected chi connectivity index (χ1v) is 12.0. The number of hydrogen-bond donors (Lipinski definition) is 3. The number of rotatable bonds is 8. The highest BCUT2D eigenvalue weighted by Crippen LogP contribution is 2.31. The third kappa shape index (κ3) is 5.14. The Hall–Kier alpha value is -4.87. The van der Waals surface area contributed by atoms with E-state index >= 15 is 0 Å². The second-order valence-corrected chi connectivity index (χ2v) is 8.83. The number of carbonyl (C=O) groups excluding carboxylic acids is 1. The molecule has 1 fully saturated rings. The third-order valence-electron chi connectivity index (χ3n) is 6.42. The number of aromatic nitrogens is 4. The Balaban J connectivity index is 1.35. The Kier molecular flexibility index (Phi) is 6.94. The standard InChI is InChI=1S/C26H27N7O5/c1-37-21-9-10-22(31-25(21)38-2)30-20-12-19(14-33-23(20)27-15-28-33)32-11-3-4-17(13-32)24(34)29-18-7-5-16(6-8-18)26(35)36/h5-10,12,14-15,17H,3-4,11,13H2,1-2H3,(H,29,34)(H,30,31)(H,35,36). The molecular weight excluding hydrogens is 490 g/mol. The van der Waals surface area contributed by atoms with Gasteiger partial charge in [-0.05, 0) is 55.3 Å². The van der Waals surface area contributed by atoms with Gasteiger partial charge in [-0.15, -0.1) is 0 Å². The lowest BCUT2D eigenvalue weighted by molar-refractivity contribution is -0.120. The fourth-order valence-electron chi connectivity index (χ4n) is 4.48. The van der Waals surface area contributed by atoms with E-state index in [0.717, 1.165) is 25.1 Å². The quantitative estimate of drug-likeness (QED) is 0.318. The van der Waals surface area contributed by atoms with Gasteiger partial charge in [-0.3, -0.25) is 4.79 Å². The summed E-state index contributed by atoms with van der Waals surface area (Å²) in [6, 6.07) is 11.7. The first-order valence-electron chi connectivity index (χ1n) is 12.0. The molecule has 1 amide bonds. The zero-order valence-electron chi connectivity index (χ0n) is 20.9. The van der Waals surface area contributed by atoms with Crippen LogP contribution in [0.5, 0.6) is 11.6 Å². The van der Waals surface area contributed by atoms with E-state index in [4.69, 9.17) is 14.6 Å². The number of hydrogen-bond acceptors (Lipinski definition) is 9. The van der Waals surface area contributed by atoms with Crippen LogP contribution in [0.3, 0.4) is 0 Å². The maximum atomic E-state index is 13.0. The van der Waals surface area contributed by atoms with Crippen LogP contribution < -0.4 is 25.0 Å². The lowest BCUT2D eigenvalue weighted by atomic mass is 9.96. The molecule has 1 atom stereocenters. The van der Waals surface area contributed by atoms with Crippen LogP contribution in [0.4, 0.5) is 22.9 Å². The summed E-state index contributed by atoms with van der Waals surface area (Å²) in [6.45, 7) is 1.30. The minimum absolute atomic E-state index is 0.104. The summed E-state index contributed by atoms with van der Waals surface area (Å²) in [4.78, 5) is 35.1. The molecule has 4 aromatic rings. The number of nitrogens with zero attached hydrogens (tertiary/aromatic N) is 5.